The predicted octanol–water partition coefficient (Wildman–Crippen LogP) is 4.11. The SMILES string of the molecule is O=C(CCc1nnc(-c2cccc(C(F)(F)F)c2)o1)Nc1ccc(S(=O)(=O)N2CCCC2)cc1. The number of aromatic nitrogens is 2. The maximum Gasteiger partial charge on any atom is 0.416 e. The Balaban J connectivity index is 1.33. The first kappa shape index (κ1) is 23.9. The van der Waals surface area contributed by atoms with Crippen LogP contribution in [0.5, 0.6) is 0 Å². The second kappa shape index (κ2) is 9.55. The molecule has 0 aliphatic carbocycles. The minimum absolute atomic E-state index is 0.0158. The Hall–Kier alpha value is -3.25. The number of rotatable bonds is 7. The van der Waals surface area contributed by atoms with Crippen molar-refractivity contribution in [3.63, 3.8) is 0 Å². The van der Waals surface area contributed by atoms with E-state index in [9.17, 15) is 26.4 Å². The summed E-state index contributed by atoms with van der Waals surface area (Å²) in [6.45, 7) is 1.01. The van der Waals surface area contributed by atoms with Gasteiger partial charge in [-0.05, 0) is 55.3 Å². The molecule has 180 valence electrons. The maximum atomic E-state index is 12.9. The number of aryl methyl sites for hydroxylation is 1. The first-order valence-corrected chi connectivity index (χ1v) is 12.0. The molecule has 0 atom stereocenters. The summed E-state index contributed by atoms with van der Waals surface area (Å²) in [5.74, 6) is -0.333. The molecule has 1 aliphatic rings. The molecule has 1 aliphatic heterocycles. The summed E-state index contributed by atoms with van der Waals surface area (Å²) in [5, 5.41) is 10.2. The van der Waals surface area contributed by atoms with E-state index in [1.807, 2.05) is 0 Å². The predicted molar refractivity (Wildman–Crippen MR) is 116 cm³/mol. The van der Waals surface area contributed by atoms with E-state index in [1.54, 1.807) is 0 Å². The largest absolute Gasteiger partial charge is 0.421 e. The molecule has 34 heavy (non-hydrogen) atoms. The van der Waals surface area contributed by atoms with E-state index >= 15 is 0 Å². The second-order valence-electron chi connectivity index (χ2n) is 7.76. The first-order valence-electron chi connectivity index (χ1n) is 10.5. The highest BCUT2D eigenvalue weighted by atomic mass is 32.2. The van der Waals surface area contributed by atoms with Crippen molar-refractivity contribution in [1.29, 1.82) is 0 Å². The molecule has 2 aromatic carbocycles. The van der Waals surface area contributed by atoms with E-state index in [2.05, 4.69) is 15.5 Å². The monoisotopic (exact) mass is 494 g/mol. The summed E-state index contributed by atoms with van der Waals surface area (Å²) in [4.78, 5) is 12.4. The van der Waals surface area contributed by atoms with Gasteiger partial charge in [-0.15, -0.1) is 10.2 Å². The smallest absolute Gasteiger partial charge is 0.416 e. The lowest BCUT2D eigenvalue weighted by Gasteiger charge is -2.15. The molecule has 4 rings (SSSR count). The Kier molecular flexibility index (Phi) is 6.71. The number of alkyl halides is 3. The zero-order chi connectivity index (χ0) is 24.3. The number of benzene rings is 2. The molecule has 0 saturated carbocycles. The fraction of sp³-hybridized carbons (Fsp3) is 0.318. The molecule has 2 heterocycles. The van der Waals surface area contributed by atoms with Crippen LogP contribution >= 0.6 is 0 Å². The van der Waals surface area contributed by atoms with Crippen molar-refractivity contribution < 1.29 is 30.8 Å². The van der Waals surface area contributed by atoms with E-state index in [0.717, 1.165) is 25.0 Å². The van der Waals surface area contributed by atoms with E-state index in [0.29, 0.717) is 18.8 Å². The molecule has 0 spiro atoms. The molecule has 12 heteroatoms. The first-order chi connectivity index (χ1) is 16.1. The molecule has 1 amide bonds. The molecule has 1 saturated heterocycles. The van der Waals surface area contributed by atoms with Gasteiger partial charge in [0.25, 0.3) is 0 Å². The van der Waals surface area contributed by atoms with Gasteiger partial charge in [0.1, 0.15) is 0 Å². The Morgan fingerprint density at radius 3 is 2.44 bits per heavy atom. The van der Waals surface area contributed by atoms with Gasteiger partial charge in [-0.1, -0.05) is 6.07 Å². The number of nitrogens with zero attached hydrogens (tertiary/aromatic N) is 3. The number of nitrogens with one attached hydrogen (secondary N) is 1. The maximum absolute atomic E-state index is 12.9. The fourth-order valence-electron chi connectivity index (χ4n) is 3.53. The summed E-state index contributed by atoms with van der Waals surface area (Å²) >= 11 is 0. The van der Waals surface area contributed by atoms with Crippen molar-refractivity contribution in [2.75, 3.05) is 18.4 Å². The van der Waals surface area contributed by atoms with E-state index < -0.39 is 21.8 Å². The Labute approximate surface area is 193 Å². The van der Waals surface area contributed by atoms with Gasteiger partial charge in [0.15, 0.2) is 0 Å². The molecular formula is C22H21F3N4O4S. The third-order valence-electron chi connectivity index (χ3n) is 5.31. The average Bonchev–Trinajstić information content (AvgIpc) is 3.50. The fourth-order valence-corrected chi connectivity index (χ4v) is 5.05. The minimum atomic E-state index is -4.49. The molecule has 0 bridgehead atoms. The van der Waals surface area contributed by atoms with Crippen LogP contribution in [-0.2, 0) is 27.4 Å². The molecule has 1 aromatic heterocycles. The summed E-state index contributed by atoms with van der Waals surface area (Å²) in [5.41, 5.74) is -0.272. The van der Waals surface area contributed by atoms with E-state index in [-0.39, 0.29) is 41.0 Å². The van der Waals surface area contributed by atoms with Crippen molar-refractivity contribution in [3.8, 4) is 11.5 Å². The van der Waals surface area contributed by atoms with Gasteiger partial charge >= 0.3 is 6.18 Å². The van der Waals surface area contributed by atoms with Crippen LogP contribution in [0.3, 0.4) is 0 Å². The average molecular weight is 494 g/mol. The zero-order valence-electron chi connectivity index (χ0n) is 17.9. The van der Waals surface area contributed by atoms with E-state index in [1.165, 1.54) is 40.7 Å². The number of amides is 1. The third-order valence-corrected chi connectivity index (χ3v) is 7.22. The number of carbonyl (C=O) groups excluding carboxylic acids is 1. The molecule has 0 unspecified atom stereocenters. The van der Waals surface area contributed by atoms with E-state index in [4.69, 9.17) is 4.42 Å². The van der Waals surface area contributed by atoms with Gasteiger partial charge < -0.3 is 9.73 Å². The second-order valence-corrected chi connectivity index (χ2v) is 9.70. The van der Waals surface area contributed by atoms with Crippen molar-refractivity contribution in [3.05, 3.63) is 60.0 Å². The highest BCUT2D eigenvalue weighted by molar-refractivity contribution is 7.89. The van der Waals surface area contributed by atoms with Gasteiger partial charge in [-0.3, -0.25) is 4.79 Å². The van der Waals surface area contributed by atoms with Crippen LogP contribution in [0.15, 0.2) is 57.8 Å². The molecule has 0 radical (unpaired) electrons. The van der Waals surface area contributed by atoms with Crippen LogP contribution in [0, 0.1) is 0 Å². The molecule has 8 nitrogen and oxygen atoms in total. The number of carbonyl (C=O) groups is 1. The number of halogens is 3. The van der Waals surface area contributed by atoms with Crippen molar-refractivity contribution in [2.45, 2.75) is 36.8 Å². The minimum Gasteiger partial charge on any atom is -0.421 e. The quantitative estimate of drug-likeness (QED) is 0.530. The van der Waals surface area contributed by atoms with Crippen molar-refractivity contribution in [1.82, 2.24) is 14.5 Å². The standard InChI is InChI=1S/C22H21F3N4O4S/c23-22(24,25)16-5-3-4-15(14-16)21-28-27-20(33-21)11-10-19(30)26-17-6-8-18(9-7-17)34(31,32)29-12-1-2-13-29/h3-9,14H,1-2,10-13H2,(H,26,30). The highest BCUT2D eigenvalue weighted by Gasteiger charge is 2.31. The molecule has 1 N–H and O–H groups in total. The molecule has 1 fully saturated rings. The van der Waals surface area contributed by atoms with Crippen LogP contribution in [-0.4, -0.2) is 41.9 Å². The zero-order valence-corrected chi connectivity index (χ0v) is 18.7. The summed E-state index contributed by atoms with van der Waals surface area (Å²) in [7, 11) is -3.53. The Morgan fingerprint density at radius 2 is 1.76 bits per heavy atom. The van der Waals surface area contributed by atoms with Crippen LogP contribution in [0.1, 0.15) is 30.7 Å². The van der Waals surface area contributed by atoms with Gasteiger partial charge in [0, 0.05) is 37.2 Å². The highest BCUT2D eigenvalue weighted by Crippen LogP contribution is 2.32. The number of hydrogen-bond donors (Lipinski definition) is 1. The number of hydrogen-bond acceptors (Lipinski definition) is 6. The van der Waals surface area contributed by atoms with Gasteiger partial charge in [-0.25, -0.2) is 8.42 Å². The summed E-state index contributed by atoms with van der Waals surface area (Å²) in [6.07, 6.45) is -2.74. The molecular weight excluding hydrogens is 473 g/mol. The topological polar surface area (TPSA) is 105 Å². The lowest BCUT2D eigenvalue weighted by molar-refractivity contribution is -0.137. The lowest BCUT2D eigenvalue weighted by Crippen LogP contribution is -2.27. The lowest BCUT2D eigenvalue weighted by atomic mass is 10.1. The molecule has 3 aromatic rings. The Bertz CT molecular complexity index is 1270. The summed E-state index contributed by atoms with van der Waals surface area (Å²) in [6, 6.07) is 10.4. The van der Waals surface area contributed by atoms with Crippen molar-refractivity contribution in [2.24, 2.45) is 0 Å². The third kappa shape index (κ3) is 5.45. The van der Waals surface area contributed by atoms with Gasteiger partial charge in [0.2, 0.25) is 27.7 Å². The van der Waals surface area contributed by atoms with Crippen LogP contribution < -0.4 is 5.32 Å². The van der Waals surface area contributed by atoms with Crippen LogP contribution in [0.2, 0.25) is 0 Å². The van der Waals surface area contributed by atoms with Crippen LogP contribution in [0.25, 0.3) is 11.5 Å². The van der Waals surface area contributed by atoms with Crippen molar-refractivity contribution >= 4 is 21.6 Å². The number of anilines is 1. The summed E-state index contributed by atoms with van der Waals surface area (Å²) < 4.78 is 70.6. The Morgan fingerprint density at radius 1 is 1.06 bits per heavy atom. The normalized spacial score (nSPS) is 14.9. The number of sulfonamides is 1. The van der Waals surface area contributed by atoms with Gasteiger partial charge in [-0.2, -0.15) is 17.5 Å². The van der Waals surface area contributed by atoms with Crippen LogP contribution in [0.4, 0.5) is 18.9 Å². The van der Waals surface area contributed by atoms with Gasteiger partial charge in [0.05, 0.1) is 10.5 Å².